The van der Waals surface area contributed by atoms with Crippen LogP contribution in [-0.2, 0) is 10.1 Å². The van der Waals surface area contributed by atoms with Gasteiger partial charge < -0.3 is 9.52 Å². The molecule has 2 aromatic carbocycles. The number of furan rings is 1. The Balaban J connectivity index is 2.24. The van der Waals surface area contributed by atoms with E-state index in [4.69, 9.17) is 8.97 Å². The number of hydrogen-bond donors (Lipinski definition) is 2. The minimum absolute atomic E-state index is 0.219. The van der Waals surface area contributed by atoms with Crippen LogP contribution in [0.4, 0.5) is 0 Å². The highest BCUT2D eigenvalue weighted by molar-refractivity contribution is 7.85. The molecule has 2 N–H and O–H groups in total. The van der Waals surface area contributed by atoms with Gasteiger partial charge in [0, 0.05) is 17.0 Å². The van der Waals surface area contributed by atoms with Crippen LogP contribution in [-0.4, -0.2) is 18.1 Å². The first-order valence-electron chi connectivity index (χ1n) is 5.73. The Morgan fingerprint density at radius 3 is 2.50 bits per heavy atom. The van der Waals surface area contributed by atoms with E-state index in [0.717, 1.165) is 11.6 Å². The molecule has 0 bridgehead atoms. The number of phenolic OH excluding ortho intramolecular Hbond substituents is 1. The van der Waals surface area contributed by atoms with Gasteiger partial charge in [-0.25, -0.2) is 0 Å². The van der Waals surface area contributed by atoms with Crippen LogP contribution in [0.5, 0.6) is 5.75 Å². The first-order chi connectivity index (χ1) is 9.45. The second-order valence-corrected chi connectivity index (χ2v) is 5.75. The van der Waals surface area contributed by atoms with Crippen molar-refractivity contribution in [2.75, 3.05) is 0 Å². The van der Waals surface area contributed by atoms with E-state index in [2.05, 4.69) is 0 Å². The highest BCUT2D eigenvalue weighted by Crippen LogP contribution is 2.32. The van der Waals surface area contributed by atoms with E-state index in [1.165, 1.54) is 6.07 Å². The standard InChI is InChI=1S/C14H10O5S/c15-13-8-11(20(16,17)18)6-9-3-4-10(7-12(9)13)14-2-1-5-19-14/h1-8,15H,(H,16,17,18). The summed E-state index contributed by atoms with van der Waals surface area (Å²) in [5.74, 6) is 0.425. The molecule has 0 saturated heterocycles. The molecular weight excluding hydrogens is 280 g/mol. The lowest BCUT2D eigenvalue weighted by Gasteiger charge is -2.06. The Labute approximate surface area is 114 Å². The summed E-state index contributed by atoms with van der Waals surface area (Å²) >= 11 is 0. The zero-order chi connectivity index (χ0) is 14.3. The Morgan fingerprint density at radius 1 is 1.05 bits per heavy atom. The Hall–Kier alpha value is -2.31. The second kappa shape index (κ2) is 4.36. The Kier molecular flexibility index (Phi) is 2.77. The molecule has 0 aliphatic rings. The van der Waals surface area contributed by atoms with Crippen LogP contribution in [0.2, 0.25) is 0 Å². The largest absolute Gasteiger partial charge is 0.507 e. The molecular formula is C14H10O5S. The topological polar surface area (TPSA) is 87.7 Å². The number of benzene rings is 2. The summed E-state index contributed by atoms with van der Waals surface area (Å²) in [6.45, 7) is 0. The molecule has 0 atom stereocenters. The van der Waals surface area contributed by atoms with Crippen molar-refractivity contribution in [3.63, 3.8) is 0 Å². The molecule has 0 aliphatic carbocycles. The lowest BCUT2D eigenvalue weighted by atomic mass is 10.0. The second-order valence-electron chi connectivity index (χ2n) is 4.33. The normalized spacial score (nSPS) is 11.8. The quantitative estimate of drug-likeness (QED) is 0.708. The van der Waals surface area contributed by atoms with Crippen LogP contribution in [0.3, 0.4) is 0 Å². The lowest BCUT2D eigenvalue weighted by Crippen LogP contribution is -1.97. The third-order valence-electron chi connectivity index (χ3n) is 3.01. The van der Waals surface area contributed by atoms with Crippen LogP contribution in [0.25, 0.3) is 22.1 Å². The highest BCUT2D eigenvalue weighted by atomic mass is 32.2. The minimum Gasteiger partial charge on any atom is -0.507 e. The summed E-state index contributed by atoms with van der Waals surface area (Å²) in [6, 6.07) is 10.9. The molecule has 0 fully saturated rings. The summed E-state index contributed by atoms with van der Waals surface area (Å²) in [6.07, 6.45) is 1.54. The van der Waals surface area contributed by atoms with E-state index in [9.17, 15) is 13.5 Å². The maximum absolute atomic E-state index is 11.1. The van der Waals surface area contributed by atoms with Gasteiger partial charge in [0.15, 0.2) is 0 Å². The molecule has 1 aromatic heterocycles. The van der Waals surface area contributed by atoms with E-state index < -0.39 is 10.1 Å². The van der Waals surface area contributed by atoms with E-state index in [1.54, 1.807) is 36.6 Å². The molecule has 6 heteroatoms. The van der Waals surface area contributed by atoms with Crippen molar-refractivity contribution in [2.24, 2.45) is 0 Å². The average molecular weight is 290 g/mol. The molecule has 1 heterocycles. The van der Waals surface area contributed by atoms with Gasteiger partial charge in [0.25, 0.3) is 10.1 Å². The van der Waals surface area contributed by atoms with Crippen LogP contribution < -0.4 is 0 Å². The molecule has 0 amide bonds. The van der Waals surface area contributed by atoms with Gasteiger partial charge in [0.2, 0.25) is 0 Å². The van der Waals surface area contributed by atoms with E-state index in [1.807, 2.05) is 0 Å². The highest BCUT2D eigenvalue weighted by Gasteiger charge is 2.14. The van der Waals surface area contributed by atoms with E-state index >= 15 is 0 Å². The fraction of sp³-hybridized carbons (Fsp3) is 0. The molecule has 0 radical (unpaired) electrons. The fourth-order valence-electron chi connectivity index (χ4n) is 2.06. The first-order valence-corrected chi connectivity index (χ1v) is 7.17. The van der Waals surface area contributed by atoms with Crippen LogP contribution in [0.15, 0.2) is 58.0 Å². The summed E-state index contributed by atoms with van der Waals surface area (Å²) in [4.78, 5) is -0.340. The first kappa shape index (κ1) is 12.7. The minimum atomic E-state index is -4.35. The van der Waals surface area contributed by atoms with Gasteiger partial charge in [0.05, 0.1) is 11.2 Å². The Bertz CT molecular complexity index is 879. The summed E-state index contributed by atoms with van der Waals surface area (Å²) in [5, 5.41) is 10.9. The zero-order valence-corrected chi connectivity index (χ0v) is 11.0. The van der Waals surface area contributed by atoms with Gasteiger partial charge in [-0.3, -0.25) is 4.55 Å². The summed E-state index contributed by atoms with van der Waals surface area (Å²) in [7, 11) is -4.35. The molecule has 5 nitrogen and oxygen atoms in total. The molecule has 0 saturated carbocycles. The van der Waals surface area contributed by atoms with Crippen molar-refractivity contribution in [1.29, 1.82) is 0 Å². The fourth-order valence-corrected chi connectivity index (χ4v) is 2.59. The zero-order valence-electron chi connectivity index (χ0n) is 10.1. The Morgan fingerprint density at radius 2 is 1.85 bits per heavy atom. The third kappa shape index (κ3) is 2.15. The molecule has 0 aliphatic heterocycles. The number of fused-ring (bicyclic) bond motifs is 1. The van der Waals surface area contributed by atoms with Crippen LogP contribution in [0.1, 0.15) is 0 Å². The van der Waals surface area contributed by atoms with Crippen molar-refractivity contribution >= 4 is 20.9 Å². The monoisotopic (exact) mass is 290 g/mol. The maximum Gasteiger partial charge on any atom is 0.294 e. The summed E-state index contributed by atoms with van der Waals surface area (Å²) in [5.41, 5.74) is 0.761. The summed E-state index contributed by atoms with van der Waals surface area (Å²) < 4.78 is 36.5. The molecule has 0 unspecified atom stereocenters. The van der Waals surface area contributed by atoms with Gasteiger partial charge in [-0.1, -0.05) is 12.1 Å². The maximum atomic E-state index is 11.1. The van der Waals surface area contributed by atoms with Gasteiger partial charge in [0.1, 0.15) is 11.5 Å². The van der Waals surface area contributed by atoms with Gasteiger partial charge >= 0.3 is 0 Å². The molecule has 3 aromatic rings. The lowest BCUT2D eigenvalue weighted by molar-refractivity contribution is 0.471. The predicted octanol–water partition coefficient (Wildman–Crippen LogP) is 3.05. The van der Waals surface area contributed by atoms with Gasteiger partial charge in [-0.2, -0.15) is 8.42 Å². The smallest absolute Gasteiger partial charge is 0.294 e. The van der Waals surface area contributed by atoms with Gasteiger partial charge in [-0.15, -0.1) is 0 Å². The van der Waals surface area contributed by atoms with Crippen molar-refractivity contribution in [2.45, 2.75) is 4.90 Å². The number of hydrogen-bond acceptors (Lipinski definition) is 4. The molecule has 0 spiro atoms. The number of rotatable bonds is 2. The number of aromatic hydroxyl groups is 1. The van der Waals surface area contributed by atoms with Crippen molar-refractivity contribution < 1.29 is 22.5 Å². The predicted molar refractivity (Wildman–Crippen MR) is 73.1 cm³/mol. The average Bonchev–Trinajstić information content (AvgIpc) is 2.91. The van der Waals surface area contributed by atoms with E-state index in [-0.39, 0.29) is 10.6 Å². The third-order valence-corrected chi connectivity index (χ3v) is 3.84. The van der Waals surface area contributed by atoms with Crippen LogP contribution in [0, 0.1) is 0 Å². The van der Waals surface area contributed by atoms with Crippen molar-refractivity contribution in [3.8, 4) is 17.1 Å². The molecule has 3 rings (SSSR count). The SMILES string of the molecule is O=S(=O)(O)c1cc(O)c2cc(-c3ccco3)ccc2c1. The van der Waals surface area contributed by atoms with Crippen molar-refractivity contribution in [1.82, 2.24) is 0 Å². The van der Waals surface area contributed by atoms with Crippen LogP contribution >= 0.6 is 0 Å². The van der Waals surface area contributed by atoms with Gasteiger partial charge in [-0.05, 0) is 29.7 Å². The van der Waals surface area contributed by atoms with E-state index in [0.29, 0.717) is 16.5 Å². The molecule has 102 valence electrons. The van der Waals surface area contributed by atoms with Crippen molar-refractivity contribution in [3.05, 3.63) is 48.7 Å². The molecule has 20 heavy (non-hydrogen) atoms. The number of phenols is 1.